The summed E-state index contributed by atoms with van der Waals surface area (Å²) < 4.78 is 4.51. The number of carbonyl (C=O) groups is 2. The first-order valence-electron chi connectivity index (χ1n) is 3.80. The van der Waals surface area contributed by atoms with Gasteiger partial charge >= 0.3 is 11.9 Å². The summed E-state index contributed by atoms with van der Waals surface area (Å²) in [6, 6.07) is 0. The summed E-state index contributed by atoms with van der Waals surface area (Å²) >= 11 is 4.20. The fourth-order valence-corrected chi connectivity index (χ4v) is 2.11. The summed E-state index contributed by atoms with van der Waals surface area (Å²) in [6.07, 6.45) is 4.31. The fraction of sp³-hybridized carbons (Fsp3) is 0.500. The lowest BCUT2D eigenvalue weighted by Gasteiger charge is -2.19. The summed E-state index contributed by atoms with van der Waals surface area (Å²) in [6.45, 7) is 0. The van der Waals surface area contributed by atoms with Crippen LogP contribution in [-0.2, 0) is 14.3 Å². The predicted molar refractivity (Wildman–Crippen MR) is 44.6 cm³/mol. The first kappa shape index (κ1) is 7.86. The lowest BCUT2D eigenvalue weighted by molar-refractivity contribution is -0.153. The maximum atomic E-state index is 11.1. The van der Waals surface area contributed by atoms with E-state index in [-0.39, 0.29) is 17.1 Å². The minimum atomic E-state index is -0.422. The Morgan fingerprint density at radius 3 is 2.83 bits per heavy atom. The molecule has 4 heteroatoms. The van der Waals surface area contributed by atoms with Crippen molar-refractivity contribution in [2.45, 2.75) is 11.7 Å². The molecule has 0 amide bonds. The first-order chi connectivity index (χ1) is 5.70. The molecule has 3 unspecified atom stereocenters. The molecular formula is C8H8O3S. The molecule has 2 aliphatic rings. The molecule has 3 nitrogen and oxygen atoms in total. The maximum absolute atomic E-state index is 11.1. The van der Waals surface area contributed by atoms with Crippen molar-refractivity contribution in [2.75, 3.05) is 0 Å². The van der Waals surface area contributed by atoms with Gasteiger partial charge in [-0.1, -0.05) is 12.2 Å². The molecule has 1 aliphatic heterocycles. The highest BCUT2D eigenvalue weighted by Gasteiger charge is 2.47. The van der Waals surface area contributed by atoms with E-state index in [9.17, 15) is 9.59 Å². The molecule has 0 spiro atoms. The lowest BCUT2D eigenvalue weighted by atomic mass is 9.85. The van der Waals surface area contributed by atoms with Crippen molar-refractivity contribution in [3.63, 3.8) is 0 Å². The van der Waals surface area contributed by atoms with E-state index in [1.54, 1.807) is 0 Å². The van der Waals surface area contributed by atoms with Gasteiger partial charge in [0, 0.05) is 5.25 Å². The summed E-state index contributed by atoms with van der Waals surface area (Å²) in [5, 5.41) is -0.164. The van der Waals surface area contributed by atoms with E-state index in [1.165, 1.54) is 0 Å². The molecule has 0 N–H and O–H groups in total. The van der Waals surface area contributed by atoms with Crippen LogP contribution in [0.1, 0.15) is 6.42 Å². The number of cyclic esters (lactones) is 2. The third kappa shape index (κ3) is 0.982. The number of esters is 2. The van der Waals surface area contributed by atoms with Gasteiger partial charge in [-0.2, -0.15) is 12.6 Å². The first-order valence-corrected chi connectivity index (χ1v) is 4.32. The van der Waals surface area contributed by atoms with E-state index >= 15 is 0 Å². The molecular weight excluding hydrogens is 176 g/mol. The molecule has 0 bridgehead atoms. The lowest BCUT2D eigenvalue weighted by Crippen LogP contribution is -2.28. The Morgan fingerprint density at radius 2 is 2.17 bits per heavy atom. The van der Waals surface area contributed by atoms with Gasteiger partial charge in [-0.15, -0.1) is 0 Å². The van der Waals surface area contributed by atoms with Crippen molar-refractivity contribution < 1.29 is 14.3 Å². The van der Waals surface area contributed by atoms with E-state index in [1.807, 2.05) is 12.2 Å². The van der Waals surface area contributed by atoms with Crippen LogP contribution in [0.4, 0.5) is 0 Å². The average Bonchev–Trinajstić information content (AvgIpc) is 2.29. The van der Waals surface area contributed by atoms with Crippen LogP contribution in [0, 0.1) is 11.8 Å². The number of carbonyl (C=O) groups excluding carboxylic acids is 2. The van der Waals surface area contributed by atoms with E-state index in [0.29, 0.717) is 6.42 Å². The smallest absolute Gasteiger partial charge is 0.318 e. The van der Waals surface area contributed by atoms with Gasteiger partial charge in [0.15, 0.2) is 0 Å². The Kier molecular flexibility index (Phi) is 1.72. The molecule has 1 aliphatic carbocycles. The monoisotopic (exact) mass is 184 g/mol. The third-order valence-electron chi connectivity index (χ3n) is 2.30. The zero-order chi connectivity index (χ0) is 8.72. The third-order valence-corrected chi connectivity index (χ3v) is 2.79. The number of hydrogen-bond donors (Lipinski definition) is 1. The topological polar surface area (TPSA) is 43.4 Å². The van der Waals surface area contributed by atoms with Gasteiger partial charge in [0.1, 0.15) is 0 Å². The zero-order valence-corrected chi connectivity index (χ0v) is 7.16. The van der Waals surface area contributed by atoms with Crippen molar-refractivity contribution in [1.29, 1.82) is 0 Å². The molecule has 2 rings (SSSR count). The van der Waals surface area contributed by atoms with Crippen molar-refractivity contribution in [3.8, 4) is 0 Å². The Bertz CT molecular complexity index is 271. The second kappa shape index (κ2) is 2.62. The number of rotatable bonds is 0. The molecule has 0 saturated carbocycles. The highest BCUT2D eigenvalue weighted by atomic mass is 32.1. The molecule has 3 atom stereocenters. The number of ether oxygens (including phenoxy) is 1. The van der Waals surface area contributed by atoms with Crippen molar-refractivity contribution >= 4 is 24.6 Å². The van der Waals surface area contributed by atoms with Crippen LogP contribution in [-0.4, -0.2) is 17.2 Å². The van der Waals surface area contributed by atoms with Gasteiger partial charge in [0.25, 0.3) is 0 Å². The van der Waals surface area contributed by atoms with Crippen LogP contribution in [0.3, 0.4) is 0 Å². The summed E-state index contributed by atoms with van der Waals surface area (Å²) in [5.74, 6) is -1.46. The Labute approximate surface area is 75.2 Å². The van der Waals surface area contributed by atoms with Gasteiger partial charge in [0.2, 0.25) is 0 Å². The van der Waals surface area contributed by atoms with E-state index < -0.39 is 11.9 Å². The van der Waals surface area contributed by atoms with Gasteiger partial charge in [0.05, 0.1) is 11.8 Å². The Morgan fingerprint density at radius 1 is 1.42 bits per heavy atom. The van der Waals surface area contributed by atoms with Gasteiger partial charge in [-0.3, -0.25) is 9.59 Å². The van der Waals surface area contributed by atoms with Crippen LogP contribution in [0.2, 0.25) is 0 Å². The van der Waals surface area contributed by atoms with E-state index in [4.69, 9.17) is 0 Å². The van der Waals surface area contributed by atoms with Crippen molar-refractivity contribution in [2.24, 2.45) is 11.8 Å². The van der Waals surface area contributed by atoms with E-state index in [2.05, 4.69) is 17.4 Å². The van der Waals surface area contributed by atoms with Crippen LogP contribution in [0.5, 0.6) is 0 Å². The Hall–Kier alpha value is -0.770. The quantitative estimate of drug-likeness (QED) is 0.259. The summed E-state index contributed by atoms with van der Waals surface area (Å²) in [7, 11) is 0. The SMILES string of the molecule is O=C1OC(=O)C2C(S)C=CCC12. The highest BCUT2D eigenvalue weighted by Crippen LogP contribution is 2.35. The molecule has 1 saturated heterocycles. The average molecular weight is 184 g/mol. The van der Waals surface area contributed by atoms with E-state index in [0.717, 1.165) is 0 Å². The molecule has 0 aromatic rings. The molecule has 0 aromatic heterocycles. The van der Waals surface area contributed by atoms with Crippen LogP contribution >= 0.6 is 12.6 Å². The van der Waals surface area contributed by atoms with Crippen molar-refractivity contribution in [1.82, 2.24) is 0 Å². The molecule has 1 fully saturated rings. The van der Waals surface area contributed by atoms with Crippen LogP contribution in [0.25, 0.3) is 0 Å². The number of allylic oxidation sites excluding steroid dienone is 1. The molecule has 64 valence electrons. The van der Waals surface area contributed by atoms with Crippen LogP contribution < -0.4 is 0 Å². The summed E-state index contributed by atoms with van der Waals surface area (Å²) in [4.78, 5) is 22.2. The number of fused-ring (bicyclic) bond motifs is 1. The van der Waals surface area contributed by atoms with Gasteiger partial charge in [-0.05, 0) is 6.42 Å². The number of hydrogen-bond acceptors (Lipinski definition) is 4. The molecule has 1 heterocycles. The standard InChI is InChI=1S/C8H8O3S/c9-7-4-2-1-3-5(12)6(4)8(10)11-7/h1,3-6,12H,2H2. The minimum absolute atomic E-state index is 0.164. The predicted octanol–water partition coefficient (Wildman–Crippen LogP) is 0.560. The fourth-order valence-electron chi connectivity index (χ4n) is 1.66. The van der Waals surface area contributed by atoms with Crippen molar-refractivity contribution in [3.05, 3.63) is 12.2 Å². The highest BCUT2D eigenvalue weighted by molar-refractivity contribution is 7.81. The second-order valence-corrected chi connectivity index (χ2v) is 3.62. The Balaban J connectivity index is 2.32. The van der Waals surface area contributed by atoms with Crippen LogP contribution in [0.15, 0.2) is 12.2 Å². The molecule has 0 radical (unpaired) electrons. The second-order valence-electron chi connectivity index (χ2n) is 3.03. The number of thiol groups is 1. The maximum Gasteiger partial charge on any atom is 0.318 e. The summed E-state index contributed by atoms with van der Waals surface area (Å²) in [5.41, 5.74) is 0. The van der Waals surface area contributed by atoms with Gasteiger partial charge < -0.3 is 4.74 Å². The minimum Gasteiger partial charge on any atom is -0.393 e. The zero-order valence-electron chi connectivity index (χ0n) is 6.27. The largest absolute Gasteiger partial charge is 0.393 e. The normalized spacial score (nSPS) is 39.6. The molecule has 0 aromatic carbocycles. The van der Waals surface area contributed by atoms with Gasteiger partial charge in [-0.25, -0.2) is 0 Å². The molecule has 12 heavy (non-hydrogen) atoms.